The molecule has 96 valence electrons. The highest BCUT2D eigenvalue weighted by atomic mass is 16.5. The van der Waals surface area contributed by atoms with Gasteiger partial charge < -0.3 is 15.8 Å². The van der Waals surface area contributed by atoms with E-state index < -0.39 is 0 Å². The lowest BCUT2D eigenvalue weighted by Crippen LogP contribution is -2.23. The van der Waals surface area contributed by atoms with Crippen molar-refractivity contribution in [1.29, 1.82) is 0 Å². The molecule has 0 aliphatic rings. The summed E-state index contributed by atoms with van der Waals surface area (Å²) in [5.41, 5.74) is 6.35. The van der Waals surface area contributed by atoms with Gasteiger partial charge >= 0.3 is 0 Å². The molecule has 17 heavy (non-hydrogen) atoms. The number of nitrogen functional groups attached to an aromatic ring is 1. The van der Waals surface area contributed by atoms with E-state index in [0.717, 1.165) is 12.2 Å². The molecule has 0 aliphatic heterocycles. The maximum Gasteiger partial charge on any atom is 0.239 e. The van der Waals surface area contributed by atoms with Crippen LogP contribution in [0.25, 0.3) is 0 Å². The number of aromatic nitrogens is 1. The maximum absolute atomic E-state index is 5.78. The van der Waals surface area contributed by atoms with Gasteiger partial charge in [-0.3, -0.25) is 0 Å². The minimum Gasteiger partial charge on any atom is -0.476 e. The highest BCUT2D eigenvalue weighted by Crippen LogP contribution is 2.22. The molecule has 1 heterocycles. The lowest BCUT2D eigenvalue weighted by atomic mass is 10.0. The van der Waals surface area contributed by atoms with Crippen LogP contribution in [0.3, 0.4) is 0 Å². The van der Waals surface area contributed by atoms with Crippen molar-refractivity contribution in [2.45, 2.75) is 40.2 Å². The van der Waals surface area contributed by atoms with Crippen LogP contribution in [-0.4, -0.2) is 17.6 Å². The molecule has 0 aliphatic carbocycles. The van der Waals surface area contributed by atoms with E-state index >= 15 is 0 Å². The highest BCUT2D eigenvalue weighted by Gasteiger charge is 2.11. The van der Waals surface area contributed by atoms with Crippen LogP contribution in [0.2, 0.25) is 0 Å². The minimum atomic E-state index is 0.380. The number of nitrogens with one attached hydrogen (secondary N) is 1. The van der Waals surface area contributed by atoms with Crippen molar-refractivity contribution in [1.82, 2.24) is 4.98 Å². The van der Waals surface area contributed by atoms with Crippen LogP contribution >= 0.6 is 0 Å². The van der Waals surface area contributed by atoms with Gasteiger partial charge in [0.15, 0.2) is 0 Å². The van der Waals surface area contributed by atoms with Crippen molar-refractivity contribution in [2.75, 3.05) is 17.7 Å². The van der Waals surface area contributed by atoms with Gasteiger partial charge in [-0.1, -0.05) is 20.3 Å². The predicted molar refractivity (Wildman–Crippen MR) is 72.4 cm³/mol. The number of pyridine rings is 1. The molecular weight excluding hydrogens is 214 g/mol. The Morgan fingerprint density at radius 2 is 2.06 bits per heavy atom. The summed E-state index contributed by atoms with van der Waals surface area (Å²) >= 11 is 0. The van der Waals surface area contributed by atoms with Crippen LogP contribution in [0.15, 0.2) is 12.1 Å². The number of anilines is 2. The Morgan fingerprint density at radius 3 is 2.65 bits per heavy atom. The summed E-state index contributed by atoms with van der Waals surface area (Å²) in [6, 6.07) is 4.09. The summed E-state index contributed by atoms with van der Waals surface area (Å²) in [6.45, 7) is 9.06. The third-order valence-electron chi connectivity index (χ3n) is 3.04. The van der Waals surface area contributed by atoms with Crippen LogP contribution in [-0.2, 0) is 0 Å². The zero-order valence-corrected chi connectivity index (χ0v) is 11.2. The van der Waals surface area contributed by atoms with E-state index in [9.17, 15) is 0 Å². The highest BCUT2D eigenvalue weighted by molar-refractivity contribution is 5.53. The number of nitrogens with zero attached hydrogens (tertiary/aromatic N) is 1. The van der Waals surface area contributed by atoms with Gasteiger partial charge in [-0.25, -0.2) is 0 Å². The maximum atomic E-state index is 5.78. The Labute approximate surface area is 104 Å². The number of nitrogens with two attached hydrogens (primary N) is 1. The first-order valence-corrected chi connectivity index (χ1v) is 6.24. The predicted octanol–water partition coefficient (Wildman–Crippen LogP) is 2.91. The first-order valence-electron chi connectivity index (χ1n) is 6.24. The number of hydrogen-bond donors (Lipinski definition) is 2. The molecule has 1 rings (SSSR count). The molecule has 0 amide bonds. The molecule has 2 atom stereocenters. The quantitative estimate of drug-likeness (QED) is 0.798. The van der Waals surface area contributed by atoms with Crippen molar-refractivity contribution >= 4 is 11.5 Å². The second-order valence-corrected chi connectivity index (χ2v) is 4.34. The summed E-state index contributed by atoms with van der Waals surface area (Å²) < 4.78 is 5.37. The first kappa shape index (κ1) is 13.6. The fourth-order valence-corrected chi connectivity index (χ4v) is 1.51. The Kier molecular flexibility index (Phi) is 5.07. The number of rotatable bonds is 6. The van der Waals surface area contributed by atoms with E-state index in [0.29, 0.717) is 30.1 Å². The third kappa shape index (κ3) is 3.80. The van der Waals surface area contributed by atoms with Crippen molar-refractivity contribution in [3.63, 3.8) is 0 Å². The van der Waals surface area contributed by atoms with Gasteiger partial charge in [-0.15, -0.1) is 0 Å². The fourth-order valence-electron chi connectivity index (χ4n) is 1.51. The monoisotopic (exact) mass is 237 g/mol. The second-order valence-electron chi connectivity index (χ2n) is 4.34. The molecule has 0 saturated carbocycles. The van der Waals surface area contributed by atoms with E-state index in [1.807, 2.05) is 19.1 Å². The number of ether oxygens (including phenoxy) is 1. The van der Waals surface area contributed by atoms with Gasteiger partial charge in [-0.05, 0) is 31.9 Å². The van der Waals surface area contributed by atoms with Crippen molar-refractivity contribution < 1.29 is 4.74 Å². The van der Waals surface area contributed by atoms with Crippen LogP contribution in [0.5, 0.6) is 5.88 Å². The van der Waals surface area contributed by atoms with E-state index in [2.05, 4.69) is 31.1 Å². The van der Waals surface area contributed by atoms with Crippen LogP contribution in [0.4, 0.5) is 11.5 Å². The molecule has 0 radical (unpaired) electrons. The van der Waals surface area contributed by atoms with Gasteiger partial charge in [0.1, 0.15) is 5.82 Å². The molecule has 0 bridgehead atoms. The molecule has 0 aromatic carbocycles. The molecule has 4 heteroatoms. The summed E-state index contributed by atoms with van der Waals surface area (Å²) in [6.07, 6.45) is 1.14. The summed E-state index contributed by atoms with van der Waals surface area (Å²) in [5, 5.41) is 3.37. The third-order valence-corrected chi connectivity index (χ3v) is 3.04. The van der Waals surface area contributed by atoms with Gasteiger partial charge in [0.05, 0.1) is 12.3 Å². The first-order chi connectivity index (χ1) is 8.08. The average molecular weight is 237 g/mol. The molecule has 4 nitrogen and oxygen atoms in total. The van der Waals surface area contributed by atoms with E-state index in [1.165, 1.54) is 0 Å². The molecule has 3 N–H and O–H groups in total. The van der Waals surface area contributed by atoms with Crippen LogP contribution in [0.1, 0.15) is 34.1 Å². The molecule has 0 fully saturated rings. The minimum absolute atomic E-state index is 0.380. The van der Waals surface area contributed by atoms with Crippen molar-refractivity contribution in [3.05, 3.63) is 12.1 Å². The van der Waals surface area contributed by atoms with Crippen LogP contribution in [0, 0.1) is 5.92 Å². The standard InChI is InChI=1S/C13H23N3O/c1-5-9(3)10(4)15-12-8-7-11(14)13(16-12)17-6-2/h7-10H,5-6,14H2,1-4H3,(H,15,16). The Morgan fingerprint density at radius 1 is 1.35 bits per heavy atom. The zero-order chi connectivity index (χ0) is 12.8. The molecule has 1 aromatic heterocycles. The second kappa shape index (κ2) is 6.33. The Hall–Kier alpha value is -1.45. The molecule has 1 aromatic rings. The normalized spacial score (nSPS) is 14.1. The fraction of sp³-hybridized carbons (Fsp3) is 0.615. The molecule has 0 saturated heterocycles. The Bertz CT molecular complexity index is 355. The lowest BCUT2D eigenvalue weighted by molar-refractivity contribution is 0.329. The zero-order valence-electron chi connectivity index (χ0n) is 11.2. The molecular formula is C13H23N3O. The van der Waals surface area contributed by atoms with E-state index in [1.54, 1.807) is 0 Å². The van der Waals surface area contributed by atoms with Crippen molar-refractivity contribution in [3.8, 4) is 5.88 Å². The van der Waals surface area contributed by atoms with Gasteiger partial charge in [0.2, 0.25) is 5.88 Å². The molecule has 0 spiro atoms. The topological polar surface area (TPSA) is 60.2 Å². The average Bonchev–Trinajstić information content (AvgIpc) is 2.32. The van der Waals surface area contributed by atoms with Gasteiger partial charge in [-0.2, -0.15) is 4.98 Å². The Balaban J connectivity index is 2.74. The van der Waals surface area contributed by atoms with Gasteiger partial charge in [0.25, 0.3) is 0 Å². The lowest BCUT2D eigenvalue weighted by Gasteiger charge is -2.20. The van der Waals surface area contributed by atoms with E-state index in [-0.39, 0.29) is 0 Å². The number of hydrogen-bond acceptors (Lipinski definition) is 4. The molecule has 2 unspecified atom stereocenters. The van der Waals surface area contributed by atoms with E-state index in [4.69, 9.17) is 10.5 Å². The van der Waals surface area contributed by atoms with Gasteiger partial charge in [0, 0.05) is 6.04 Å². The van der Waals surface area contributed by atoms with Crippen molar-refractivity contribution in [2.24, 2.45) is 5.92 Å². The SMILES string of the molecule is CCOc1nc(NC(C)C(C)CC)ccc1N. The summed E-state index contributed by atoms with van der Waals surface area (Å²) in [7, 11) is 0. The summed E-state index contributed by atoms with van der Waals surface area (Å²) in [4.78, 5) is 4.36. The largest absolute Gasteiger partial charge is 0.476 e. The summed E-state index contributed by atoms with van der Waals surface area (Å²) in [5.74, 6) is 1.93. The van der Waals surface area contributed by atoms with Crippen LogP contribution < -0.4 is 15.8 Å². The smallest absolute Gasteiger partial charge is 0.239 e.